The maximum atomic E-state index is 3.26. The van der Waals surface area contributed by atoms with Crippen LogP contribution < -0.4 is 10.2 Å². The molecule has 0 amide bonds. The van der Waals surface area contributed by atoms with Crippen molar-refractivity contribution in [3.8, 4) is 0 Å². The van der Waals surface area contributed by atoms with E-state index in [4.69, 9.17) is 0 Å². The number of nitrogens with one attached hydrogen (secondary N) is 1. The Labute approximate surface area is 98.1 Å². The molecule has 1 aromatic carbocycles. The number of hydrogen-bond acceptors (Lipinski definition) is 2. The van der Waals surface area contributed by atoms with Gasteiger partial charge in [-0.25, -0.2) is 0 Å². The Morgan fingerprint density at radius 1 is 1.20 bits per heavy atom. The second-order valence-electron chi connectivity index (χ2n) is 3.96. The van der Waals surface area contributed by atoms with Crippen molar-refractivity contribution in [3.63, 3.8) is 0 Å². The standard InChI is InChI=1S/C12H18N2.ClH/c1-10-5-6-11(13-2)12(9-10)14-7-3-4-8-14;/h5-6,9,13H,3-4,7-8H2,1-2H3;1H. The average molecular weight is 227 g/mol. The number of halogens is 1. The van der Waals surface area contributed by atoms with Crippen LogP contribution in [0.25, 0.3) is 0 Å². The van der Waals surface area contributed by atoms with E-state index in [-0.39, 0.29) is 12.4 Å². The van der Waals surface area contributed by atoms with Gasteiger partial charge in [-0.15, -0.1) is 12.4 Å². The van der Waals surface area contributed by atoms with Gasteiger partial charge in [0.25, 0.3) is 0 Å². The number of benzene rings is 1. The SMILES string of the molecule is CNc1ccc(C)cc1N1CCCC1.Cl. The monoisotopic (exact) mass is 226 g/mol. The molecule has 1 aromatic rings. The maximum Gasteiger partial charge on any atom is 0.0604 e. The van der Waals surface area contributed by atoms with E-state index >= 15 is 0 Å². The minimum absolute atomic E-state index is 0. The summed E-state index contributed by atoms with van der Waals surface area (Å²) in [4.78, 5) is 2.47. The van der Waals surface area contributed by atoms with Crippen molar-refractivity contribution in [2.45, 2.75) is 19.8 Å². The third kappa shape index (κ3) is 2.57. The third-order valence-corrected chi connectivity index (χ3v) is 2.87. The second-order valence-corrected chi connectivity index (χ2v) is 3.96. The van der Waals surface area contributed by atoms with Crippen LogP contribution in [0.1, 0.15) is 18.4 Å². The van der Waals surface area contributed by atoms with Gasteiger partial charge in [0.2, 0.25) is 0 Å². The lowest BCUT2D eigenvalue weighted by Gasteiger charge is -2.21. The van der Waals surface area contributed by atoms with Gasteiger partial charge in [-0.05, 0) is 37.5 Å². The zero-order valence-corrected chi connectivity index (χ0v) is 10.2. The maximum absolute atomic E-state index is 3.26. The fraction of sp³-hybridized carbons (Fsp3) is 0.500. The Bertz CT molecular complexity index is 319. The van der Waals surface area contributed by atoms with Gasteiger partial charge in [0.05, 0.1) is 11.4 Å². The van der Waals surface area contributed by atoms with Crippen molar-refractivity contribution in [2.75, 3.05) is 30.4 Å². The van der Waals surface area contributed by atoms with E-state index in [1.165, 1.54) is 42.9 Å². The van der Waals surface area contributed by atoms with Gasteiger partial charge in [-0.1, -0.05) is 6.07 Å². The fourth-order valence-corrected chi connectivity index (χ4v) is 2.07. The summed E-state index contributed by atoms with van der Waals surface area (Å²) in [6, 6.07) is 6.60. The van der Waals surface area contributed by atoms with Crippen molar-refractivity contribution in [1.29, 1.82) is 0 Å². The van der Waals surface area contributed by atoms with Gasteiger partial charge in [0, 0.05) is 20.1 Å². The van der Waals surface area contributed by atoms with Gasteiger partial charge >= 0.3 is 0 Å². The van der Waals surface area contributed by atoms with Crippen LogP contribution in [0.4, 0.5) is 11.4 Å². The molecule has 0 spiro atoms. The third-order valence-electron chi connectivity index (χ3n) is 2.87. The molecular formula is C12H19ClN2. The molecule has 0 unspecified atom stereocenters. The largest absolute Gasteiger partial charge is 0.386 e. The van der Waals surface area contributed by atoms with Crippen molar-refractivity contribution < 1.29 is 0 Å². The molecule has 15 heavy (non-hydrogen) atoms. The van der Waals surface area contributed by atoms with E-state index in [2.05, 4.69) is 35.3 Å². The molecule has 0 atom stereocenters. The molecule has 1 aliphatic heterocycles. The topological polar surface area (TPSA) is 15.3 Å². The van der Waals surface area contributed by atoms with E-state index in [1.807, 2.05) is 7.05 Å². The molecular weight excluding hydrogens is 208 g/mol. The summed E-state index contributed by atoms with van der Waals surface area (Å²) >= 11 is 0. The minimum atomic E-state index is 0. The predicted molar refractivity (Wildman–Crippen MR) is 69.4 cm³/mol. The second kappa shape index (κ2) is 5.26. The van der Waals surface area contributed by atoms with Gasteiger partial charge in [-0.3, -0.25) is 0 Å². The lowest BCUT2D eigenvalue weighted by molar-refractivity contribution is 0.949. The van der Waals surface area contributed by atoms with Crippen LogP contribution in [0.15, 0.2) is 18.2 Å². The van der Waals surface area contributed by atoms with Crippen LogP contribution >= 0.6 is 12.4 Å². The predicted octanol–water partition coefficient (Wildman–Crippen LogP) is 3.06. The molecule has 1 N–H and O–H groups in total. The summed E-state index contributed by atoms with van der Waals surface area (Å²) < 4.78 is 0. The van der Waals surface area contributed by atoms with Crippen molar-refractivity contribution in [3.05, 3.63) is 23.8 Å². The van der Waals surface area contributed by atoms with Crippen LogP contribution in [-0.2, 0) is 0 Å². The number of anilines is 2. The summed E-state index contributed by atoms with van der Waals surface area (Å²) in [5.41, 5.74) is 3.95. The molecule has 3 heteroatoms. The van der Waals surface area contributed by atoms with E-state index in [0.717, 1.165) is 0 Å². The van der Waals surface area contributed by atoms with Gasteiger partial charge < -0.3 is 10.2 Å². The molecule has 84 valence electrons. The molecule has 0 radical (unpaired) electrons. The smallest absolute Gasteiger partial charge is 0.0604 e. The molecule has 2 rings (SSSR count). The van der Waals surface area contributed by atoms with Crippen LogP contribution in [0.5, 0.6) is 0 Å². The van der Waals surface area contributed by atoms with Crippen LogP contribution in [0.3, 0.4) is 0 Å². The quantitative estimate of drug-likeness (QED) is 0.834. The van der Waals surface area contributed by atoms with E-state index in [0.29, 0.717) is 0 Å². The van der Waals surface area contributed by atoms with Crippen LogP contribution in [0.2, 0.25) is 0 Å². The highest BCUT2D eigenvalue weighted by Crippen LogP contribution is 2.29. The number of aryl methyl sites for hydroxylation is 1. The molecule has 1 saturated heterocycles. The number of hydrogen-bond donors (Lipinski definition) is 1. The average Bonchev–Trinajstić information content (AvgIpc) is 2.70. The molecule has 0 aromatic heterocycles. The summed E-state index contributed by atoms with van der Waals surface area (Å²) in [7, 11) is 1.99. The molecule has 1 fully saturated rings. The Hall–Kier alpha value is -0.890. The van der Waals surface area contributed by atoms with Crippen LogP contribution in [0, 0.1) is 6.92 Å². The summed E-state index contributed by atoms with van der Waals surface area (Å²) in [5.74, 6) is 0. The Kier molecular flexibility index (Phi) is 4.28. The highest BCUT2D eigenvalue weighted by Gasteiger charge is 2.14. The highest BCUT2D eigenvalue weighted by molar-refractivity contribution is 5.85. The minimum Gasteiger partial charge on any atom is -0.386 e. The molecule has 2 nitrogen and oxygen atoms in total. The first-order valence-electron chi connectivity index (χ1n) is 5.34. The van der Waals surface area contributed by atoms with Gasteiger partial charge in [0.1, 0.15) is 0 Å². The van der Waals surface area contributed by atoms with E-state index < -0.39 is 0 Å². The lowest BCUT2D eigenvalue weighted by Crippen LogP contribution is -2.19. The normalized spacial score (nSPS) is 14.9. The first-order valence-corrected chi connectivity index (χ1v) is 5.34. The van der Waals surface area contributed by atoms with Gasteiger partial charge in [-0.2, -0.15) is 0 Å². The Morgan fingerprint density at radius 2 is 1.87 bits per heavy atom. The molecule has 0 bridgehead atoms. The first kappa shape index (κ1) is 12.2. The highest BCUT2D eigenvalue weighted by atomic mass is 35.5. The molecule has 0 aliphatic carbocycles. The Balaban J connectivity index is 0.00000112. The van der Waals surface area contributed by atoms with E-state index in [1.54, 1.807) is 0 Å². The van der Waals surface area contributed by atoms with Crippen molar-refractivity contribution in [2.24, 2.45) is 0 Å². The van der Waals surface area contributed by atoms with E-state index in [9.17, 15) is 0 Å². The first-order chi connectivity index (χ1) is 6.81. The fourth-order valence-electron chi connectivity index (χ4n) is 2.07. The summed E-state index contributed by atoms with van der Waals surface area (Å²) in [5, 5.41) is 3.26. The van der Waals surface area contributed by atoms with Crippen molar-refractivity contribution in [1.82, 2.24) is 0 Å². The Morgan fingerprint density at radius 3 is 2.47 bits per heavy atom. The zero-order chi connectivity index (χ0) is 9.97. The zero-order valence-electron chi connectivity index (χ0n) is 9.42. The molecule has 1 aliphatic rings. The van der Waals surface area contributed by atoms with Gasteiger partial charge in [0.15, 0.2) is 0 Å². The molecule has 0 saturated carbocycles. The number of rotatable bonds is 2. The van der Waals surface area contributed by atoms with Crippen LogP contribution in [-0.4, -0.2) is 20.1 Å². The lowest BCUT2D eigenvalue weighted by atomic mass is 10.2. The van der Waals surface area contributed by atoms with Crippen molar-refractivity contribution >= 4 is 23.8 Å². The number of nitrogens with zero attached hydrogens (tertiary/aromatic N) is 1. The molecule has 1 heterocycles. The summed E-state index contributed by atoms with van der Waals surface area (Å²) in [6.07, 6.45) is 2.66. The summed E-state index contributed by atoms with van der Waals surface area (Å²) in [6.45, 7) is 4.56.